The van der Waals surface area contributed by atoms with Crippen LogP contribution in [0.1, 0.15) is 258 Å². The normalized spacial score (nSPS) is 12.6. The smallest absolute Gasteiger partial charge is 0.306 e. The molecule has 0 amide bonds. The number of hydrogen-bond acceptors (Lipinski definition) is 8. The first kappa shape index (κ1) is 59.1. The summed E-state index contributed by atoms with van der Waals surface area (Å²) >= 11 is 0. The molecule has 2 atom stereocenters. The van der Waals surface area contributed by atoms with Crippen molar-refractivity contribution in [1.29, 1.82) is 0 Å². The molecule has 2 unspecified atom stereocenters. The maximum absolute atomic E-state index is 12.8. The van der Waals surface area contributed by atoms with Gasteiger partial charge in [0.1, 0.15) is 18.8 Å². The van der Waals surface area contributed by atoms with Crippen LogP contribution in [0.2, 0.25) is 0 Å². The predicted octanol–water partition coefficient (Wildman–Crippen LogP) is 15.0. The lowest BCUT2D eigenvalue weighted by molar-refractivity contribution is -0.151. The first-order chi connectivity index (χ1) is 29.8. The zero-order chi connectivity index (χ0) is 44.7. The first-order valence-electron chi connectivity index (χ1n) is 26.2. The molecule has 0 fully saturated rings. The zero-order valence-corrected chi connectivity index (χ0v) is 41.1. The number of unbranched alkanes of at least 4 members (excludes halogenated alkanes) is 24. The summed E-state index contributed by atoms with van der Waals surface area (Å²) in [6.07, 6.45) is 44.3. The predicted molar refractivity (Wildman–Crippen MR) is 257 cm³/mol. The summed E-state index contributed by atoms with van der Waals surface area (Å²) in [5.41, 5.74) is 0. The van der Waals surface area contributed by atoms with Crippen LogP contribution in [0.3, 0.4) is 0 Å². The molecular formula is C53H101NO7. The summed E-state index contributed by atoms with van der Waals surface area (Å²) < 4.78 is 23.0. The summed E-state index contributed by atoms with van der Waals surface area (Å²) in [7, 11) is 4.06. The van der Waals surface area contributed by atoms with Gasteiger partial charge in [0.15, 0.2) is 0 Å². The Morgan fingerprint density at radius 2 is 0.754 bits per heavy atom. The van der Waals surface area contributed by atoms with Gasteiger partial charge in [-0.05, 0) is 104 Å². The van der Waals surface area contributed by atoms with E-state index in [1.54, 1.807) is 0 Å². The Bertz CT molecular complexity index is 986. The van der Waals surface area contributed by atoms with Crippen molar-refractivity contribution >= 4 is 17.9 Å². The molecule has 0 bridgehead atoms. The van der Waals surface area contributed by atoms with E-state index in [2.05, 4.69) is 25.7 Å². The van der Waals surface area contributed by atoms with Crippen molar-refractivity contribution in [3.63, 3.8) is 0 Å². The Morgan fingerprint density at radius 1 is 0.410 bits per heavy atom. The molecule has 0 rings (SSSR count). The van der Waals surface area contributed by atoms with E-state index >= 15 is 0 Å². The highest BCUT2D eigenvalue weighted by Gasteiger charge is 2.16. The number of nitrogens with zero attached hydrogens (tertiary/aromatic N) is 1. The minimum absolute atomic E-state index is 0.000825. The standard InChI is InChI=1S/C53H101NO7/c1-6-9-12-15-22-29-39-49(38-28-21-14-11-8-3)60-52(56)43-33-26-20-18-24-31-41-50(61-53(57)44-37-45-54(4)5)40-30-23-17-19-25-32-42-51(55)59-48-36-35-47-58-46-34-27-16-13-10-7-2/h35-36,49-50H,6-34,37-48H2,1-5H3/b36-35-. The third kappa shape index (κ3) is 45.9. The third-order valence-electron chi connectivity index (χ3n) is 11.8. The molecule has 8 heteroatoms. The number of carbonyl (C=O) groups excluding carboxylic acids is 3. The van der Waals surface area contributed by atoms with Gasteiger partial charge in [-0.15, -0.1) is 0 Å². The lowest BCUT2D eigenvalue weighted by Crippen LogP contribution is -2.20. The highest BCUT2D eigenvalue weighted by atomic mass is 16.5. The van der Waals surface area contributed by atoms with E-state index in [1.807, 2.05) is 26.2 Å². The fourth-order valence-corrected chi connectivity index (χ4v) is 7.86. The van der Waals surface area contributed by atoms with Crippen molar-refractivity contribution in [3.05, 3.63) is 12.2 Å². The average molecular weight is 864 g/mol. The van der Waals surface area contributed by atoms with E-state index in [4.69, 9.17) is 18.9 Å². The van der Waals surface area contributed by atoms with Gasteiger partial charge in [0, 0.05) is 25.9 Å². The van der Waals surface area contributed by atoms with Crippen LogP contribution in [-0.4, -0.2) is 75.5 Å². The van der Waals surface area contributed by atoms with E-state index in [0.717, 1.165) is 129 Å². The number of carbonyl (C=O) groups is 3. The quantitative estimate of drug-likeness (QED) is 0.0258. The zero-order valence-electron chi connectivity index (χ0n) is 41.1. The lowest BCUT2D eigenvalue weighted by Gasteiger charge is -2.19. The van der Waals surface area contributed by atoms with Crippen LogP contribution in [0, 0.1) is 0 Å². The van der Waals surface area contributed by atoms with E-state index in [9.17, 15) is 14.4 Å². The molecule has 8 nitrogen and oxygen atoms in total. The second kappa shape index (κ2) is 47.5. The molecule has 0 aliphatic carbocycles. The Balaban J connectivity index is 4.27. The number of esters is 3. The van der Waals surface area contributed by atoms with E-state index < -0.39 is 0 Å². The van der Waals surface area contributed by atoms with Crippen LogP contribution < -0.4 is 0 Å². The summed E-state index contributed by atoms with van der Waals surface area (Å²) in [4.78, 5) is 39.7. The molecule has 360 valence electrons. The number of rotatable bonds is 48. The van der Waals surface area contributed by atoms with Gasteiger partial charge < -0.3 is 23.8 Å². The van der Waals surface area contributed by atoms with E-state index in [0.29, 0.717) is 32.5 Å². The first-order valence-corrected chi connectivity index (χ1v) is 26.2. The summed E-state index contributed by atoms with van der Waals surface area (Å²) in [6.45, 7) is 9.32. The van der Waals surface area contributed by atoms with Crippen molar-refractivity contribution in [2.24, 2.45) is 0 Å². The molecule has 0 aliphatic rings. The van der Waals surface area contributed by atoms with Crippen LogP contribution in [-0.2, 0) is 33.3 Å². The van der Waals surface area contributed by atoms with E-state index in [1.165, 1.54) is 103 Å². The highest BCUT2D eigenvalue weighted by molar-refractivity contribution is 5.70. The van der Waals surface area contributed by atoms with Crippen LogP contribution >= 0.6 is 0 Å². The Kier molecular flexibility index (Phi) is 46.0. The maximum Gasteiger partial charge on any atom is 0.306 e. The van der Waals surface area contributed by atoms with Crippen LogP contribution in [0.5, 0.6) is 0 Å². The van der Waals surface area contributed by atoms with Gasteiger partial charge >= 0.3 is 17.9 Å². The van der Waals surface area contributed by atoms with Gasteiger partial charge in [-0.3, -0.25) is 14.4 Å². The van der Waals surface area contributed by atoms with Crippen LogP contribution in [0.4, 0.5) is 0 Å². The molecule has 0 spiro atoms. The fourth-order valence-electron chi connectivity index (χ4n) is 7.86. The van der Waals surface area contributed by atoms with Gasteiger partial charge in [-0.2, -0.15) is 0 Å². The topological polar surface area (TPSA) is 91.4 Å². The maximum atomic E-state index is 12.8. The van der Waals surface area contributed by atoms with Crippen molar-refractivity contribution in [1.82, 2.24) is 4.90 Å². The van der Waals surface area contributed by atoms with E-state index in [-0.39, 0.29) is 30.1 Å². The van der Waals surface area contributed by atoms with Crippen molar-refractivity contribution in [3.8, 4) is 0 Å². The Labute approximate surface area is 378 Å². The van der Waals surface area contributed by atoms with Gasteiger partial charge in [-0.1, -0.05) is 168 Å². The molecule has 0 saturated heterocycles. The van der Waals surface area contributed by atoms with Crippen molar-refractivity contribution < 1.29 is 33.3 Å². The third-order valence-corrected chi connectivity index (χ3v) is 11.8. The molecule has 0 heterocycles. The number of hydrogen-bond donors (Lipinski definition) is 0. The monoisotopic (exact) mass is 864 g/mol. The number of ether oxygens (including phenoxy) is 4. The molecule has 61 heavy (non-hydrogen) atoms. The molecule has 0 aliphatic heterocycles. The minimum Gasteiger partial charge on any atom is -0.462 e. The Hall–Kier alpha value is -1.93. The van der Waals surface area contributed by atoms with Gasteiger partial charge in [-0.25, -0.2) is 0 Å². The molecule has 0 N–H and O–H groups in total. The molecule has 0 radical (unpaired) electrons. The summed E-state index contributed by atoms with van der Waals surface area (Å²) in [5.74, 6) is -0.193. The largest absolute Gasteiger partial charge is 0.462 e. The second-order valence-corrected chi connectivity index (χ2v) is 18.2. The lowest BCUT2D eigenvalue weighted by atomic mass is 10.0. The minimum atomic E-state index is -0.126. The molecule has 0 aromatic rings. The van der Waals surface area contributed by atoms with Crippen LogP contribution in [0.15, 0.2) is 12.2 Å². The van der Waals surface area contributed by atoms with Gasteiger partial charge in [0.25, 0.3) is 0 Å². The van der Waals surface area contributed by atoms with Gasteiger partial charge in [0.05, 0.1) is 6.61 Å². The SMILES string of the molecule is CCCCCCCCOC/C=C\COC(=O)CCCCCCCCC(CCCCCCCCC(=O)OC(CCCCCCC)CCCCCCCC)OC(=O)CCCN(C)C. The van der Waals surface area contributed by atoms with Gasteiger partial charge in [0.2, 0.25) is 0 Å². The molecule has 0 aromatic carbocycles. The van der Waals surface area contributed by atoms with Crippen molar-refractivity contribution in [2.75, 3.05) is 40.5 Å². The summed E-state index contributed by atoms with van der Waals surface area (Å²) in [6, 6.07) is 0. The highest BCUT2D eigenvalue weighted by Crippen LogP contribution is 2.20. The van der Waals surface area contributed by atoms with Crippen LogP contribution in [0.25, 0.3) is 0 Å². The average Bonchev–Trinajstić information content (AvgIpc) is 3.23. The molecule has 0 aromatic heterocycles. The fraction of sp³-hybridized carbons (Fsp3) is 0.906. The molecule has 0 saturated carbocycles. The molecular weight excluding hydrogens is 763 g/mol. The summed E-state index contributed by atoms with van der Waals surface area (Å²) in [5, 5.41) is 0. The Morgan fingerprint density at radius 3 is 1.18 bits per heavy atom. The second-order valence-electron chi connectivity index (χ2n) is 18.2. The van der Waals surface area contributed by atoms with Crippen molar-refractivity contribution in [2.45, 2.75) is 271 Å².